The second-order valence-corrected chi connectivity index (χ2v) is 5.75. The van der Waals surface area contributed by atoms with Gasteiger partial charge in [0.25, 0.3) is 0 Å². The number of carbonyl (C=O) groups excluding carboxylic acids is 1. The number of hydrogen-bond acceptors (Lipinski definition) is 5. The maximum Gasteiger partial charge on any atom is 0.347 e. The van der Waals surface area contributed by atoms with Crippen molar-refractivity contribution in [3.8, 4) is 0 Å². The first-order chi connectivity index (χ1) is 11.1. The smallest absolute Gasteiger partial charge is 0.347 e. The molecule has 1 atom stereocenters. The maximum atomic E-state index is 12.1. The molecule has 2 aromatic rings. The number of halogens is 1. The first-order valence-electron chi connectivity index (χ1n) is 7.30. The molecule has 8 heteroatoms. The SMILES string of the molecule is O=C(Cn1cccnc1=O)NC1CCN(c2ncccc2Cl)C1. The van der Waals surface area contributed by atoms with Gasteiger partial charge in [0.2, 0.25) is 5.91 Å². The number of nitrogens with one attached hydrogen (secondary N) is 1. The van der Waals surface area contributed by atoms with Crippen molar-refractivity contribution < 1.29 is 4.79 Å². The second-order valence-electron chi connectivity index (χ2n) is 5.34. The Morgan fingerprint density at radius 1 is 1.35 bits per heavy atom. The van der Waals surface area contributed by atoms with E-state index in [1.54, 1.807) is 30.6 Å². The molecule has 23 heavy (non-hydrogen) atoms. The Labute approximate surface area is 137 Å². The Morgan fingerprint density at radius 2 is 2.17 bits per heavy atom. The molecule has 0 bridgehead atoms. The lowest BCUT2D eigenvalue weighted by Gasteiger charge is -2.19. The molecule has 1 unspecified atom stereocenters. The van der Waals surface area contributed by atoms with Gasteiger partial charge in [0.1, 0.15) is 12.4 Å². The van der Waals surface area contributed by atoms with Crippen LogP contribution in [-0.4, -0.2) is 39.6 Å². The monoisotopic (exact) mass is 333 g/mol. The third-order valence-corrected chi connectivity index (χ3v) is 3.98. The predicted octanol–water partition coefficient (Wildman–Crippen LogP) is 0.687. The Balaban J connectivity index is 1.58. The summed E-state index contributed by atoms with van der Waals surface area (Å²) in [4.78, 5) is 33.5. The van der Waals surface area contributed by atoms with E-state index in [1.807, 2.05) is 4.90 Å². The minimum atomic E-state index is -0.434. The number of pyridine rings is 1. The Bertz CT molecular complexity index is 763. The molecule has 1 N–H and O–H groups in total. The van der Waals surface area contributed by atoms with E-state index in [2.05, 4.69) is 15.3 Å². The molecule has 1 fully saturated rings. The zero-order valence-electron chi connectivity index (χ0n) is 12.4. The molecule has 2 aromatic heterocycles. The Hall–Kier alpha value is -2.41. The van der Waals surface area contributed by atoms with Crippen molar-refractivity contribution in [3.63, 3.8) is 0 Å². The van der Waals surface area contributed by atoms with Crippen molar-refractivity contribution in [2.45, 2.75) is 19.0 Å². The van der Waals surface area contributed by atoms with Crippen LogP contribution >= 0.6 is 11.6 Å². The van der Waals surface area contributed by atoms with Crippen LogP contribution in [0, 0.1) is 0 Å². The van der Waals surface area contributed by atoms with E-state index < -0.39 is 5.69 Å². The highest BCUT2D eigenvalue weighted by atomic mass is 35.5. The summed E-state index contributed by atoms with van der Waals surface area (Å²) in [6, 6.07) is 5.21. The normalized spacial score (nSPS) is 17.3. The lowest BCUT2D eigenvalue weighted by molar-refractivity contribution is -0.122. The van der Waals surface area contributed by atoms with Gasteiger partial charge in [0, 0.05) is 37.7 Å². The van der Waals surface area contributed by atoms with Crippen molar-refractivity contribution in [2.75, 3.05) is 18.0 Å². The van der Waals surface area contributed by atoms with Gasteiger partial charge >= 0.3 is 5.69 Å². The number of carbonyl (C=O) groups is 1. The van der Waals surface area contributed by atoms with Gasteiger partial charge in [0.15, 0.2) is 0 Å². The first kappa shape index (κ1) is 15.5. The van der Waals surface area contributed by atoms with Gasteiger partial charge < -0.3 is 10.2 Å². The number of hydrogen-bond donors (Lipinski definition) is 1. The van der Waals surface area contributed by atoms with Crippen molar-refractivity contribution in [1.29, 1.82) is 0 Å². The van der Waals surface area contributed by atoms with Gasteiger partial charge in [-0.1, -0.05) is 11.6 Å². The van der Waals surface area contributed by atoms with Gasteiger partial charge in [-0.3, -0.25) is 9.36 Å². The number of nitrogens with zero attached hydrogens (tertiary/aromatic N) is 4. The van der Waals surface area contributed by atoms with E-state index in [-0.39, 0.29) is 18.5 Å². The van der Waals surface area contributed by atoms with Crippen LogP contribution < -0.4 is 15.9 Å². The summed E-state index contributed by atoms with van der Waals surface area (Å²) in [7, 11) is 0. The van der Waals surface area contributed by atoms with E-state index in [9.17, 15) is 9.59 Å². The average Bonchev–Trinajstić information content (AvgIpc) is 2.98. The quantitative estimate of drug-likeness (QED) is 0.890. The highest BCUT2D eigenvalue weighted by molar-refractivity contribution is 6.32. The topological polar surface area (TPSA) is 80.1 Å². The summed E-state index contributed by atoms with van der Waals surface area (Å²) in [6.45, 7) is 1.38. The standard InChI is InChI=1S/C15H16ClN5O2/c16-12-3-1-5-17-14(12)20-8-4-11(9-20)19-13(22)10-21-7-2-6-18-15(21)23/h1-3,5-7,11H,4,8-10H2,(H,19,22). The largest absolute Gasteiger partial charge is 0.353 e. The van der Waals surface area contributed by atoms with E-state index in [0.29, 0.717) is 11.6 Å². The molecule has 120 valence electrons. The van der Waals surface area contributed by atoms with Gasteiger partial charge in [-0.15, -0.1) is 0 Å². The molecule has 0 spiro atoms. The van der Waals surface area contributed by atoms with Gasteiger partial charge in [-0.25, -0.2) is 14.8 Å². The minimum Gasteiger partial charge on any atom is -0.353 e. The van der Waals surface area contributed by atoms with Crippen LogP contribution in [0.25, 0.3) is 0 Å². The summed E-state index contributed by atoms with van der Waals surface area (Å²) in [6.07, 6.45) is 5.45. The van der Waals surface area contributed by atoms with Crippen LogP contribution in [0.1, 0.15) is 6.42 Å². The molecular formula is C15H16ClN5O2. The predicted molar refractivity (Wildman–Crippen MR) is 86.5 cm³/mol. The molecule has 0 saturated carbocycles. The molecule has 1 saturated heterocycles. The molecular weight excluding hydrogens is 318 g/mol. The zero-order chi connectivity index (χ0) is 16.2. The van der Waals surface area contributed by atoms with Crippen molar-refractivity contribution >= 4 is 23.3 Å². The van der Waals surface area contributed by atoms with Crippen LogP contribution in [0.5, 0.6) is 0 Å². The van der Waals surface area contributed by atoms with E-state index in [0.717, 1.165) is 18.8 Å². The van der Waals surface area contributed by atoms with E-state index in [4.69, 9.17) is 11.6 Å². The average molecular weight is 334 g/mol. The molecule has 1 amide bonds. The van der Waals surface area contributed by atoms with E-state index >= 15 is 0 Å². The van der Waals surface area contributed by atoms with Crippen molar-refractivity contribution in [1.82, 2.24) is 19.9 Å². The fraction of sp³-hybridized carbons (Fsp3) is 0.333. The summed E-state index contributed by atoms with van der Waals surface area (Å²) in [5.41, 5.74) is -0.434. The summed E-state index contributed by atoms with van der Waals surface area (Å²) in [5.74, 6) is 0.522. The fourth-order valence-corrected chi connectivity index (χ4v) is 2.86. The number of aromatic nitrogens is 3. The van der Waals surface area contributed by atoms with Crippen LogP contribution in [0.2, 0.25) is 5.02 Å². The van der Waals surface area contributed by atoms with Gasteiger partial charge in [-0.05, 0) is 24.6 Å². The Morgan fingerprint density at radius 3 is 2.96 bits per heavy atom. The minimum absolute atomic E-state index is 0.00736. The fourth-order valence-electron chi connectivity index (χ4n) is 2.62. The van der Waals surface area contributed by atoms with Gasteiger partial charge in [-0.2, -0.15) is 0 Å². The lowest BCUT2D eigenvalue weighted by Crippen LogP contribution is -2.40. The molecule has 1 aliphatic rings. The van der Waals surface area contributed by atoms with Crippen LogP contribution in [0.4, 0.5) is 5.82 Å². The van der Waals surface area contributed by atoms with Crippen molar-refractivity contribution in [2.24, 2.45) is 0 Å². The summed E-state index contributed by atoms with van der Waals surface area (Å²) >= 11 is 6.15. The molecule has 1 aliphatic heterocycles. The number of anilines is 1. The second kappa shape index (κ2) is 6.78. The highest BCUT2D eigenvalue weighted by Gasteiger charge is 2.26. The summed E-state index contributed by atoms with van der Waals surface area (Å²) in [5, 5.41) is 3.53. The van der Waals surface area contributed by atoms with Gasteiger partial charge in [0.05, 0.1) is 5.02 Å². The van der Waals surface area contributed by atoms with Crippen LogP contribution in [0.3, 0.4) is 0 Å². The molecule has 0 aliphatic carbocycles. The third-order valence-electron chi connectivity index (χ3n) is 3.69. The molecule has 0 aromatic carbocycles. The third kappa shape index (κ3) is 3.68. The molecule has 7 nitrogen and oxygen atoms in total. The zero-order valence-corrected chi connectivity index (χ0v) is 13.1. The van der Waals surface area contributed by atoms with Crippen molar-refractivity contribution in [3.05, 3.63) is 52.3 Å². The summed E-state index contributed by atoms with van der Waals surface area (Å²) < 4.78 is 1.28. The maximum absolute atomic E-state index is 12.1. The molecule has 0 radical (unpaired) electrons. The molecule has 3 rings (SSSR count). The number of amides is 1. The van der Waals surface area contributed by atoms with Crippen LogP contribution in [0.15, 0.2) is 41.6 Å². The van der Waals surface area contributed by atoms with E-state index in [1.165, 1.54) is 10.8 Å². The Kier molecular flexibility index (Phi) is 4.57. The number of rotatable bonds is 4. The molecule has 3 heterocycles. The highest BCUT2D eigenvalue weighted by Crippen LogP contribution is 2.25. The van der Waals surface area contributed by atoms with Crippen LogP contribution in [-0.2, 0) is 11.3 Å². The first-order valence-corrected chi connectivity index (χ1v) is 7.67. The lowest BCUT2D eigenvalue weighted by atomic mass is 10.2.